The minimum Gasteiger partial charge on any atom is -0.481 e. The first-order valence-electron chi connectivity index (χ1n) is 7.28. The minimum atomic E-state index is -2.70. The number of nitrogens with zero attached hydrogens (tertiary/aromatic N) is 1. The summed E-state index contributed by atoms with van der Waals surface area (Å²) >= 11 is 0. The third kappa shape index (κ3) is 4.41. The summed E-state index contributed by atoms with van der Waals surface area (Å²) in [5.41, 5.74) is 1.16. The van der Waals surface area contributed by atoms with Crippen LogP contribution in [-0.4, -0.2) is 34.9 Å². The van der Waals surface area contributed by atoms with E-state index in [4.69, 9.17) is 9.52 Å². The number of amides is 1. The van der Waals surface area contributed by atoms with Gasteiger partial charge < -0.3 is 14.4 Å². The second-order valence-corrected chi connectivity index (χ2v) is 5.35. The molecule has 1 aromatic carbocycles. The van der Waals surface area contributed by atoms with Crippen LogP contribution in [-0.2, 0) is 17.8 Å². The monoisotopic (exact) mass is 337 g/mol. The molecule has 0 aliphatic heterocycles. The standard InChI is InChI=1S/C17H17F2NO4/c1-11-10-24-13(7-15(21)22)16(11)17(23)20(9-14(18)19)8-12-5-3-2-4-6-12/h2-6,10,14H,7-9H2,1H3,(H,21,22). The molecule has 0 saturated carbocycles. The molecule has 0 atom stereocenters. The van der Waals surface area contributed by atoms with Crippen LogP contribution >= 0.6 is 0 Å². The number of furan rings is 1. The fraction of sp³-hybridized carbons (Fsp3) is 0.294. The first kappa shape index (κ1) is 17.7. The molecule has 7 heteroatoms. The molecule has 24 heavy (non-hydrogen) atoms. The van der Waals surface area contributed by atoms with Crippen molar-refractivity contribution >= 4 is 11.9 Å². The van der Waals surface area contributed by atoms with E-state index in [-0.39, 0.29) is 17.9 Å². The topological polar surface area (TPSA) is 70.7 Å². The van der Waals surface area contributed by atoms with Gasteiger partial charge in [0.2, 0.25) is 0 Å². The van der Waals surface area contributed by atoms with E-state index in [1.54, 1.807) is 37.3 Å². The van der Waals surface area contributed by atoms with Crippen LogP contribution in [0.2, 0.25) is 0 Å². The van der Waals surface area contributed by atoms with Gasteiger partial charge in [-0.25, -0.2) is 8.78 Å². The lowest BCUT2D eigenvalue weighted by Gasteiger charge is -2.22. The summed E-state index contributed by atoms with van der Waals surface area (Å²) in [4.78, 5) is 24.6. The van der Waals surface area contributed by atoms with Crippen LogP contribution in [0.5, 0.6) is 0 Å². The van der Waals surface area contributed by atoms with Crippen LogP contribution in [0.3, 0.4) is 0 Å². The van der Waals surface area contributed by atoms with Crippen molar-refractivity contribution in [1.29, 1.82) is 0 Å². The van der Waals surface area contributed by atoms with Crippen molar-refractivity contribution in [2.75, 3.05) is 6.54 Å². The van der Waals surface area contributed by atoms with Gasteiger partial charge in [-0.2, -0.15) is 0 Å². The average Bonchev–Trinajstić information content (AvgIpc) is 2.86. The molecule has 1 N–H and O–H groups in total. The van der Waals surface area contributed by atoms with Gasteiger partial charge in [0.05, 0.1) is 18.4 Å². The van der Waals surface area contributed by atoms with Crippen molar-refractivity contribution in [3.63, 3.8) is 0 Å². The van der Waals surface area contributed by atoms with Gasteiger partial charge in [-0.05, 0) is 12.5 Å². The Kier molecular flexibility index (Phi) is 5.68. The Bertz CT molecular complexity index is 713. The zero-order valence-electron chi connectivity index (χ0n) is 13.0. The summed E-state index contributed by atoms with van der Waals surface area (Å²) in [5, 5.41) is 8.90. The number of carbonyl (C=O) groups excluding carboxylic acids is 1. The van der Waals surface area contributed by atoms with E-state index in [0.717, 1.165) is 4.90 Å². The molecule has 0 saturated heterocycles. The average molecular weight is 337 g/mol. The zero-order valence-corrected chi connectivity index (χ0v) is 13.0. The number of hydrogen-bond donors (Lipinski definition) is 1. The number of carboxylic acid groups (broad SMARTS) is 1. The number of alkyl halides is 2. The largest absolute Gasteiger partial charge is 0.481 e. The van der Waals surface area contributed by atoms with Crippen LogP contribution in [0.1, 0.15) is 27.2 Å². The second kappa shape index (κ2) is 7.72. The number of aliphatic carboxylic acids is 1. The van der Waals surface area contributed by atoms with E-state index in [1.165, 1.54) is 6.26 Å². The quantitative estimate of drug-likeness (QED) is 0.843. The van der Waals surface area contributed by atoms with Gasteiger partial charge in [0.15, 0.2) is 0 Å². The number of hydrogen-bond acceptors (Lipinski definition) is 3. The van der Waals surface area contributed by atoms with Gasteiger partial charge in [-0.1, -0.05) is 30.3 Å². The Morgan fingerprint density at radius 3 is 2.50 bits per heavy atom. The second-order valence-electron chi connectivity index (χ2n) is 5.35. The lowest BCUT2D eigenvalue weighted by atomic mass is 10.1. The molecule has 128 valence electrons. The molecule has 0 bridgehead atoms. The van der Waals surface area contributed by atoms with Crippen LogP contribution < -0.4 is 0 Å². The van der Waals surface area contributed by atoms with E-state index in [1.807, 2.05) is 0 Å². The zero-order chi connectivity index (χ0) is 17.7. The summed E-state index contributed by atoms with van der Waals surface area (Å²) in [7, 11) is 0. The lowest BCUT2D eigenvalue weighted by Crippen LogP contribution is -2.35. The molecule has 2 rings (SSSR count). The Morgan fingerprint density at radius 1 is 1.25 bits per heavy atom. The summed E-state index contributed by atoms with van der Waals surface area (Å²) in [6.07, 6.45) is -1.93. The highest BCUT2D eigenvalue weighted by molar-refractivity contribution is 5.97. The Morgan fingerprint density at radius 2 is 1.92 bits per heavy atom. The molecule has 0 aliphatic rings. The van der Waals surface area contributed by atoms with E-state index >= 15 is 0 Å². The van der Waals surface area contributed by atoms with Gasteiger partial charge in [-0.3, -0.25) is 9.59 Å². The van der Waals surface area contributed by atoms with Crippen molar-refractivity contribution < 1.29 is 27.9 Å². The molecule has 0 unspecified atom stereocenters. The third-order valence-electron chi connectivity index (χ3n) is 3.44. The molecule has 1 amide bonds. The molecule has 2 aromatic rings. The van der Waals surface area contributed by atoms with Crippen molar-refractivity contribution in [2.24, 2.45) is 0 Å². The maximum atomic E-state index is 12.9. The number of carbonyl (C=O) groups is 2. The molecule has 0 aliphatic carbocycles. The van der Waals surface area contributed by atoms with E-state index in [9.17, 15) is 18.4 Å². The van der Waals surface area contributed by atoms with Crippen LogP contribution in [0.4, 0.5) is 8.78 Å². The van der Waals surface area contributed by atoms with Crippen LogP contribution in [0.25, 0.3) is 0 Å². The third-order valence-corrected chi connectivity index (χ3v) is 3.44. The summed E-state index contributed by atoms with van der Waals surface area (Å²) in [5.74, 6) is -1.86. The summed E-state index contributed by atoms with van der Waals surface area (Å²) in [6, 6.07) is 8.74. The summed E-state index contributed by atoms with van der Waals surface area (Å²) < 4.78 is 30.9. The van der Waals surface area contributed by atoms with Crippen molar-refractivity contribution in [3.05, 3.63) is 59.0 Å². The Balaban J connectivity index is 2.31. The number of halogens is 2. The molecule has 1 heterocycles. The normalized spacial score (nSPS) is 10.8. The van der Waals surface area contributed by atoms with Gasteiger partial charge in [0.1, 0.15) is 12.2 Å². The molecular formula is C17H17F2NO4. The van der Waals surface area contributed by atoms with Crippen molar-refractivity contribution in [3.8, 4) is 0 Å². The smallest absolute Gasteiger partial charge is 0.311 e. The highest BCUT2D eigenvalue weighted by Gasteiger charge is 2.27. The molecule has 0 radical (unpaired) electrons. The van der Waals surface area contributed by atoms with Gasteiger partial charge in [0, 0.05) is 12.1 Å². The van der Waals surface area contributed by atoms with Crippen molar-refractivity contribution in [2.45, 2.75) is 26.3 Å². The van der Waals surface area contributed by atoms with E-state index in [0.29, 0.717) is 11.1 Å². The van der Waals surface area contributed by atoms with Crippen LogP contribution in [0, 0.1) is 6.92 Å². The molecule has 0 fully saturated rings. The Labute approximate surface area is 137 Å². The van der Waals surface area contributed by atoms with E-state index < -0.39 is 31.3 Å². The van der Waals surface area contributed by atoms with E-state index in [2.05, 4.69) is 0 Å². The minimum absolute atomic E-state index is 0.00114. The predicted molar refractivity (Wildman–Crippen MR) is 82.0 cm³/mol. The molecule has 5 nitrogen and oxygen atoms in total. The predicted octanol–water partition coefficient (Wildman–Crippen LogP) is 3.12. The maximum Gasteiger partial charge on any atom is 0.311 e. The highest BCUT2D eigenvalue weighted by Crippen LogP contribution is 2.21. The fourth-order valence-corrected chi connectivity index (χ4v) is 2.40. The highest BCUT2D eigenvalue weighted by atomic mass is 19.3. The molecular weight excluding hydrogens is 320 g/mol. The van der Waals surface area contributed by atoms with Gasteiger partial charge in [0.25, 0.3) is 12.3 Å². The van der Waals surface area contributed by atoms with Crippen LogP contribution in [0.15, 0.2) is 41.0 Å². The fourth-order valence-electron chi connectivity index (χ4n) is 2.40. The first-order valence-corrected chi connectivity index (χ1v) is 7.28. The van der Waals surface area contributed by atoms with Gasteiger partial charge >= 0.3 is 5.97 Å². The maximum absolute atomic E-state index is 12.9. The number of rotatable bonds is 7. The van der Waals surface area contributed by atoms with Gasteiger partial charge in [-0.15, -0.1) is 0 Å². The number of carboxylic acids is 1. The lowest BCUT2D eigenvalue weighted by molar-refractivity contribution is -0.136. The SMILES string of the molecule is Cc1coc(CC(=O)O)c1C(=O)N(Cc1ccccc1)CC(F)F. The molecule has 1 aromatic heterocycles. The summed E-state index contributed by atoms with van der Waals surface area (Å²) in [6.45, 7) is 0.831. The Hall–Kier alpha value is -2.70. The first-order chi connectivity index (χ1) is 11.4. The number of aryl methyl sites for hydroxylation is 1. The number of benzene rings is 1. The van der Waals surface area contributed by atoms with Crippen molar-refractivity contribution in [1.82, 2.24) is 4.90 Å². The molecule has 0 spiro atoms.